The molecule has 20 heavy (non-hydrogen) atoms. The van der Waals surface area contributed by atoms with Crippen LogP contribution in [-0.4, -0.2) is 27.0 Å². The molecular formula is C13H13N3O4. The van der Waals surface area contributed by atoms with E-state index in [1.807, 2.05) is 0 Å². The minimum absolute atomic E-state index is 0.0625. The van der Waals surface area contributed by atoms with Gasteiger partial charge < -0.3 is 10.4 Å². The lowest BCUT2D eigenvalue weighted by Crippen LogP contribution is -2.20. The average Bonchev–Trinajstić information content (AvgIpc) is 2.37. The molecule has 7 heteroatoms. The number of carbonyl (C=O) groups is 1. The van der Waals surface area contributed by atoms with Crippen LogP contribution < -0.4 is 5.32 Å². The molecule has 0 unspecified atom stereocenters. The van der Waals surface area contributed by atoms with Gasteiger partial charge in [0.1, 0.15) is 12.0 Å². The van der Waals surface area contributed by atoms with Crippen LogP contribution in [0.1, 0.15) is 13.3 Å². The van der Waals surface area contributed by atoms with Gasteiger partial charge in [0.2, 0.25) is 0 Å². The number of nitrogens with one attached hydrogen (secondary N) is 1. The van der Waals surface area contributed by atoms with Gasteiger partial charge in [0.15, 0.2) is 0 Å². The number of carboxylic acid groups (broad SMARTS) is 1. The summed E-state index contributed by atoms with van der Waals surface area (Å²) in [4.78, 5) is 25.2. The van der Waals surface area contributed by atoms with Crippen molar-refractivity contribution >= 4 is 28.2 Å². The summed E-state index contributed by atoms with van der Waals surface area (Å²) in [5.41, 5.74) is -0.0722. The van der Waals surface area contributed by atoms with Crippen molar-refractivity contribution in [3.63, 3.8) is 0 Å². The van der Waals surface area contributed by atoms with Crippen molar-refractivity contribution in [3.05, 3.63) is 40.6 Å². The molecule has 1 aromatic heterocycles. The van der Waals surface area contributed by atoms with E-state index in [0.29, 0.717) is 16.6 Å². The molecule has 2 N–H and O–H groups in total. The number of nitro groups is 1. The van der Waals surface area contributed by atoms with Crippen molar-refractivity contribution in [1.82, 2.24) is 4.98 Å². The predicted molar refractivity (Wildman–Crippen MR) is 73.7 cm³/mol. The van der Waals surface area contributed by atoms with Gasteiger partial charge in [-0.15, -0.1) is 0 Å². The lowest BCUT2D eigenvalue weighted by Gasteiger charge is -2.14. The molecule has 1 heterocycles. The second kappa shape index (κ2) is 5.52. The van der Waals surface area contributed by atoms with Crippen molar-refractivity contribution in [2.24, 2.45) is 0 Å². The second-order valence-corrected chi connectivity index (χ2v) is 4.44. The summed E-state index contributed by atoms with van der Waals surface area (Å²) in [7, 11) is 0. The van der Waals surface area contributed by atoms with Crippen LogP contribution in [0, 0.1) is 10.1 Å². The SMILES string of the molecule is C[C@@H](CC(=O)O)Nc1ncc([N+](=O)[O-])c2ccccc12. The van der Waals surface area contributed by atoms with Gasteiger partial charge in [-0.3, -0.25) is 14.9 Å². The summed E-state index contributed by atoms with van der Waals surface area (Å²) >= 11 is 0. The van der Waals surface area contributed by atoms with E-state index >= 15 is 0 Å². The first-order valence-corrected chi connectivity index (χ1v) is 5.99. The van der Waals surface area contributed by atoms with Gasteiger partial charge in [-0.05, 0) is 13.0 Å². The number of carboxylic acids is 1. The molecule has 2 rings (SSSR count). The van der Waals surface area contributed by atoms with Crippen LogP contribution in [0.25, 0.3) is 10.8 Å². The first-order chi connectivity index (χ1) is 9.49. The number of nitrogens with zero attached hydrogens (tertiary/aromatic N) is 2. The molecule has 7 nitrogen and oxygen atoms in total. The lowest BCUT2D eigenvalue weighted by atomic mass is 10.1. The summed E-state index contributed by atoms with van der Waals surface area (Å²) in [6, 6.07) is 6.48. The largest absolute Gasteiger partial charge is 0.481 e. The maximum Gasteiger partial charge on any atom is 0.305 e. The molecule has 0 aliphatic rings. The van der Waals surface area contributed by atoms with Crippen molar-refractivity contribution in [3.8, 4) is 0 Å². The van der Waals surface area contributed by atoms with Gasteiger partial charge in [0.05, 0.1) is 16.7 Å². The molecule has 0 bridgehead atoms. The first-order valence-electron chi connectivity index (χ1n) is 5.99. The third-order valence-electron chi connectivity index (χ3n) is 2.83. The van der Waals surface area contributed by atoms with E-state index in [1.165, 1.54) is 6.20 Å². The summed E-state index contributed by atoms with van der Waals surface area (Å²) in [5.74, 6) is -0.476. The van der Waals surface area contributed by atoms with E-state index in [0.717, 1.165) is 0 Å². The fraction of sp³-hybridized carbons (Fsp3) is 0.231. The molecule has 0 fully saturated rings. The van der Waals surface area contributed by atoms with Crippen LogP contribution in [-0.2, 0) is 4.79 Å². The van der Waals surface area contributed by atoms with Crippen LogP contribution in [0.5, 0.6) is 0 Å². The smallest absolute Gasteiger partial charge is 0.305 e. The van der Waals surface area contributed by atoms with Crippen molar-refractivity contribution in [2.45, 2.75) is 19.4 Å². The topological polar surface area (TPSA) is 105 Å². The Kier molecular flexibility index (Phi) is 3.79. The zero-order chi connectivity index (χ0) is 14.7. The molecule has 104 valence electrons. The number of benzene rings is 1. The normalized spacial score (nSPS) is 12.1. The maximum atomic E-state index is 11.0. The molecule has 1 aromatic carbocycles. The quantitative estimate of drug-likeness (QED) is 0.641. The first kappa shape index (κ1) is 13.7. The van der Waals surface area contributed by atoms with Crippen LogP contribution >= 0.6 is 0 Å². The highest BCUT2D eigenvalue weighted by Gasteiger charge is 2.16. The zero-order valence-electron chi connectivity index (χ0n) is 10.7. The number of aliphatic carboxylic acids is 1. The fourth-order valence-electron chi connectivity index (χ4n) is 1.98. The standard InChI is InChI=1S/C13H13N3O4/c1-8(6-12(17)18)15-13-10-5-3-2-4-9(10)11(7-14-13)16(19)20/h2-5,7-8H,6H2,1H3,(H,14,15)(H,17,18)/t8-/m0/s1. The molecule has 0 spiro atoms. The van der Waals surface area contributed by atoms with E-state index in [9.17, 15) is 14.9 Å². The third-order valence-corrected chi connectivity index (χ3v) is 2.83. The van der Waals surface area contributed by atoms with E-state index in [1.54, 1.807) is 31.2 Å². The minimum atomic E-state index is -0.920. The second-order valence-electron chi connectivity index (χ2n) is 4.44. The fourth-order valence-corrected chi connectivity index (χ4v) is 1.98. The highest BCUT2D eigenvalue weighted by atomic mass is 16.6. The van der Waals surface area contributed by atoms with Gasteiger partial charge >= 0.3 is 5.97 Å². The summed E-state index contributed by atoms with van der Waals surface area (Å²) < 4.78 is 0. The molecule has 0 radical (unpaired) electrons. The third kappa shape index (κ3) is 2.82. The molecule has 0 saturated carbocycles. The van der Waals surface area contributed by atoms with Crippen LogP contribution in [0.4, 0.5) is 11.5 Å². The van der Waals surface area contributed by atoms with Crippen molar-refractivity contribution < 1.29 is 14.8 Å². The Hall–Kier alpha value is -2.70. The lowest BCUT2D eigenvalue weighted by molar-refractivity contribution is -0.383. The highest BCUT2D eigenvalue weighted by molar-refractivity contribution is 5.97. The highest BCUT2D eigenvalue weighted by Crippen LogP contribution is 2.29. The molecule has 0 aliphatic heterocycles. The Morgan fingerprint density at radius 3 is 2.70 bits per heavy atom. The van der Waals surface area contributed by atoms with E-state index in [4.69, 9.17) is 5.11 Å². The van der Waals surface area contributed by atoms with Gasteiger partial charge in [-0.25, -0.2) is 4.98 Å². The summed E-state index contributed by atoms with van der Waals surface area (Å²) in [5, 5.41) is 23.7. The van der Waals surface area contributed by atoms with Crippen LogP contribution in [0.15, 0.2) is 30.5 Å². The van der Waals surface area contributed by atoms with Crippen LogP contribution in [0.2, 0.25) is 0 Å². The van der Waals surface area contributed by atoms with Gasteiger partial charge in [-0.1, -0.05) is 18.2 Å². The van der Waals surface area contributed by atoms with E-state index in [2.05, 4.69) is 10.3 Å². The number of anilines is 1. The Labute approximate surface area is 114 Å². The Bertz CT molecular complexity index is 672. The number of fused-ring (bicyclic) bond motifs is 1. The van der Waals surface area contributed by atoms with Gasteiger partial charge in [-0.2, -0.15) is 0 Å². The molecule has 0 saturated heterocycles. The molecule has 2 aromatic rings. The minimum Gasteiger partial charge on any atom is -0.481 e. The zero-order valence-corrected chi connectivity index (χ0v) is 10.7. The monoisotopic (exact) mass is 275 g/mol. The van der Waals surface area contributed by atoms with Gasteiger partial charge in [0.25, 0.3) is 5.69 Å². The predicted octanol–water partition coefficient (Wildman–Crippen LogP) is 2.42. The van der Waals surface area contributed by atoms with Crippen molar-refractivity contribution in [2.75, 3.05) is 5.32 Å². The summed E-state index contributed by atoms with van der Waals surface area (Å²) in [6.07, 6.45) is 1.12. The molecule has 0 aliphatic carbocycles. The van der Waals surface area contributed by atoms with Crippen molar-refractivity contribution in [1.29, 1.82) is 0 Å². The Morgan fingerprint density at radius 2 is 2.10 bits per heavy atom. The Morgan fingerprint density at radius 1 is 1.45 bits per heavy atom. The molecule has 0 amide bonds. The number of hydrogen-bond donors (Lipinski definition) is 2. The number of hydrogen-bond acceptors (Lipinski definition) is 5. The Balaban J connectivity index is 2.43. The molecular weight excluding hydrogens is 262 g/mol. The molecule has 1 atom stereocenters. The van der Waals surface area contributed by atoms with E-state index < -0.39 is 10.9 Å². The number of rotatable bonds is 5. The van der Waals surface area contributed by atoms with Crippen LogP contribution in [0.3, 0.4) is 0 Å². The van der Waals surface area contributed by atoms with E-state index in [-0.39, 0.29) is 18.2 Å². The average molecular weight is 275 g/mol. The maximum absolute atomic E-state index is 11.0. The summed E-state index contributed by atoms with van der Waals surface area (Å²) in [6.45, 7) is 1.71. The van der Waals surface area contributed by atoms with Gasteiger partial charge in [0, 0.05) is 11.4 Å². The number of pyridine rings is 1. The number of aromatic nitrogens is 1.